The smallest absolute Gasteiger partial charge is 0.223 e. The second-order valence-electron chi connectivity index (χ2n) is 5.06. The maximum Gasteiger partial charge on any atom is 0.223 e. The summed E-state index contributed by atoms with van der Waals surface area (Å²) in [5.74, 6) is -0.0121. The van der Waals surface area contributed by atoms with Crippen molar-refractivity contribution in [2.75, 3.05) is 19.6 Å². The first-order chi connectivity index (χ1) is 9.58. The van der Waals surface area contributed by atoms with Crippen molar-refractivity contribution in [1.82, 2.24) is 10.2 Å². The number of thiophene rings is 1. The second-order valence-corrected chi connectivity index (χ2v) is 6.04. The van der Waals surface area contributed by atoms with Crippen LogP contribution < -0.4 is 5.32 Å². The number of nitrogens with one attached hydrogen (secondary N) is 1. The van der Waals surface area contributed by atoms with Crippen LogP contribution in [0, 0.1) is 5.92 Å². The van der Waals surface area contributed by atoms with Gasteiger partial charge in [0.15, 0.2) is 0 Å². The van der Waals surface area contributed by atoms with Crippen LogP contribution in [-0.2, 0) is 9.59 Å². The van der Waals surface area contributed by atoms with Crippen molar-refractivity contribution < 1.29 is 14.7 Å². The van der Waals surface area contributed by atoms with Gasteiger partial charge in [0.25, 0.3) is 0 Å². The van der Waals surface area contributed by atoms with Crippen LogP contribution in [0.15, 0.2) is 17.5 Å². The van der Waals surface area contributed by atoms with Gasteiger partial charge < -0.3 is 15.3 Å². The standard InChI is InChI=1S/C14H20N2O3S/c1-10(17)16-6-4-11(5-7-16)14(19)15-9-12(18)13-3-2-8-20-13/h2-3,8,11-12,18H,4-7,9H2,1H3,(H,15,19). The Labute approximate surface area is 122 Å². The van der Waals surface area contributed by atoms with E-state index in [-0.39, 0.29) is 24.3 Å². The molecule has 2 N–H and O–H groups in total. The van der Waals surface area contributed by atoms with Crippen molar-refractivity contribution in [2.45, 2.75) is 25.9 Å². The Morgan fingerprint density at radius 3 is 2.75 bits per heavy atom. The minimum Gasteiger partial charge on any atom is -0.386 e. The van der Waals surface area contributed by atoms with Gasteiger partial charge in [0.2, 0.25) is 11.8 Å². The van der Waals surface area contributed by atoms with Crippen LogP contribution in [0.5, 0.6) is 0 Å². The summed E-state index contributed by atoms with van der Waals surface area (Å²) in [4.78, 5) is 25.9. The lowest BCUT2D eigenvalue weighted by Gasteiger charge is -2.30. The van der Waals surface area contributed by atoms with Crippen LogP contribution in [0.2, 0.25) is 0 Å². The molecule has 0 saturated carbocycles. The van der Waals surface area contributed by atoms with E-state index in [1.807, 2.05) is 17.5 Å². The van der Waals surface area contributed by atoms with Crippen molar-refractivity contribution in [3.8, 4) is 0 Å². The van der Waals surface area contributed by atoms with Crippen LogP contribution in [0.3, 0.4) is 0 Å². The van der Waals surface area contributed by atoms with E-state index in [0.29, 0.717) is 25.9 Å². The fraction of sp³-hybridized carbons (Fsp3) is 0.571. The molecule has 1 aromatic heterocycles. The van der Waals surface area contributed by atoms with Gasteiger partial charge in [-0.15, -0.1) is 11.3 Å². The lowest BCUT2D eigenvalue weighted by atomic mass is 9.96. The normalized spacial score (nSPS) is 17.8. The zero-order valence-corrected chi connectivity index (χ0v) is 12.4. The van der Waals surface area contributed by atoms with Crippen LogP contribution in [0.25, 0.3) is 0 Å². The molecule has 2 rings (SSSR count). The number of piperidine rings is 1. The number of rotatable bonds is 4. The second kappa shape index (κ2) is 6.85. The lowest BCUT2D eigenvalue weighted by Crippen LogP contribution is -2.42. The fourth-order valence-corrected chi connectivity index (χ4v) is 3.09. The van der Waals surface area contributed by atoms with Crippen molar-refractivity contribution in [3.05, 3.63) is 22.4 Å². The molecule has 1 aromatic rings. The van der Waals surface area contributed by atoms with E-state index in [1.165, 1.54) is 11.3 Å². The van der Waals surface area contributed by atoms with Crippen LogP contribution in [0.1, 0.15) is 30.7 Å². The predicted octanol–water partition coefficient (Wildman–Crippen LogP) is 1.16. The maximum atomic E-state index is 12.0. The largest absolute Gasteiger partial charge is 0.386 e. The number of aliphatic hydroxyl groups excluding tert-OH is 1. The molecule has 1 fully saturated rings. The Morgan fingerprint density at radius 2 is 2.20 bits per heavy atom. The monoisotopic (exact) mass is 296 g/mol. The number of aliphatic hydroxyl groups is 1. The first-order valence-electron chi connectivity index (χ1n) is 6.82. The van der Waals surface area contributed by atoms with Crippen molar-refractivity contribution in [3.63, 3.8) is 0 Å². The molecule has 1 saturated heterocycles. The Kier molecular flexibility index (Phi) is 5.14. The van der Waals surface area contributed by atoms with Gasteiger partial charge in [-0.2, -0.15) is 0 Å². The van der Waals surface area contributed by atoms with E-state index in [4.69, 9.17) is 0 Å². The number of nitrogens with zero attached hydrogens (tertiary/aromatic N) is 1. The van der Waals surface area contributed by atoms with E-state index in [9.17, 15) is 14.7 Å². The van der Waals surface area contributed by atoms with E-state index < -0.39 is 6.10 Å². The molecule has 0 spiro atoms. The number of hydrogen-bond acceptors (Lipinski definition) is 4. The highest BCUT2D eigenvalue weighted by atomic mass is 32.1. The molecular formula is C14H20N2O3S. The molecule has 0 bridgehead atoms. The van der Waals surface area contributed by atoms with Crippen LogP contribution >= 0.6 is 11.3 Å². The highest BCUT2D eigenvalue weighted by molar-refractivity contribution is 7.10. The molecule has 110 valence electrons. The van der Waals surface area contributed by atoms with Crippen molar-refractivity contribution in [2.24, 2.45) is 5.92 Å². The summed E-state index contributed by atoms with van der Waals surface area (Å²) in [5, 5.41) is 14.6. The summed E-state index contributed by atoms with van der Waals surface area (Å²) >= 11 is 1.48. The summed E-state index contributed by atoms with van der Waals surface area (Å²) in [7, 11) is 0. The Balaban J connectivity index is 1.74. The zero-order chi connectivity index (χ0) is 14.5. The van der Waals surface area contributed by atoms with Gasteiger partial charge in [-0.05, 0) is 24.3 Å². The Hall–Kier alpha value is -1.40. The minimum absolute atomic E-state index is 0.0243. The number of carbonyl (C=O) groups excluding carboxylic acids is 2. The molecular weight excluding hydrogens is 276 g/mol. The zero-order valence-electron chi connectivity index (χ0n) is 11.5. The summed E-state index contributed by atoms with van der Waals surface area (Å²) in [5.41, 5.74) is 0. The third kappa shape index (κ3) is 3.80. The summed E-state index contributed by atoms with van der Waals surface area (Å²) in [6.07, 6.45) is 0.748. The highest BCUT2D eigenvalue weighted by Gasteiger charge is 2.26. The molecule has 1 aliphatic heterocycles. The number of likely N-dealkylation sites (tertiary alicyclic amines) is 1. The van der Waals surface area contributed by atoms with Crippen molar-refractivity contribution in [1.29, 1.82) is 0 Å². The van der Waals surface area contributed by atoms with Gasteiger partial charge in [-0.25, -0.2) is 0 Å². The topological polar surface area (TPSA) is 69.6 Å². The minimum atomic E-state index is -0.642. The quantitative estimate of drug-likeness (QED) is 0.876. The molecule has 2 amide bonds. The Bertz CT molecular complexity index is 453. The maximum absolute atomic E-state index is 12.0. The first kappa shape index (κ1) is 15.0. The summed E-state index contributed by atoms with van der Waals surface area (Å²) in [6, 6.07) is 3.73. The van der Waals surface area contributed by atoms with Crippen molar-refractivity contribution >= 4 is 23.2 Å². The van der Waals surface area contributed by atoms with E-state index in [2.05, 4.69) is 5.32 Å². The summed E-state index contributed by atoms with van der Waals surface area (Å²) in [6.45, 7) is 3.08. The average molecular weight is 296 g/mol. The highest BCUT2D eigenvalue weighted by Crippen LogP contribution is 2.20. The SMILES string of the molecule is CC(=O)N1CCC(C(=O)NCC(O)c2cccs2)CC1. The third-order valence-corrected chi connectivity index (χ3v) is 4.63. The van der Waals surface area contributed by atoms with E-state index >= 15 is 0 Å². The molecule has 2 heterocycles. The molecule has 0 radical (unpaired) electrons. The lowest BCUT2D eigenvalue weighted by molar-refractivity contribution is -0.134. The van der Waals surface area contributed by atoms with Crippen LogP contribution in [0.4, 0.5) is 0 Å². The number of amides is 2. The van der Waals surface area contributed by atoms with Gasteiger partial charge in [0.05, 0.1) is 0 Å². The third-order valence-electron chi connectivity index (χ3n) is 3.65. The molecule has 5 nitrogen and oxygen atoms in total. The van der Waals surface area contributed by atoms with Gasteiger partial charge in [-0.3, -0.25) is 9.59 Å². The fourth-order valence-electron chi connectivity index (χ4n) is 2.38. The molecule has 6 heteroatoms. The predicted molar refractivity (Wildman–Crippen MR) is 77.3 cm³/mol. The van der Waals surface area contributed by atoms with Gasteiger partial charge in [0.1, 0.15) is 6.10 Å². The molecule has 0 aromatic carbocycles. The number of hydrogen-bond donors (Lipinski definition) is 2. The number of carbonyl (C=O) groups is 2. The molecule has 1 aliphatic rings. The summed E-state index contributed by atoms with van der Waals surface area (Å²) < 4.78 is 0. The van der Waals surface area contributed by atoms with Crippen LogP contribution in [-0.4, -0.2) is 41.5 Å². The van der Waals surface area contributed by atoms with E-state index in [0.717, 1.165) is 4.88 Å². The molecule has 1 atom stereocenters. The molecule has 1 unspecified atom stereocenters. The van der Waals surface area contributed by atoms with Gasteiger partial charge in [0, 0.05) is 37.4 Å². The first-order valence-corrected chi connectivity index (χ1v) is 7.70. The molecule has 0 aliphatic carbocycles. The Morgan fingerprint density at radius 1 is 1.50 bits per heavy atom. The average Bonchev–Trinajstić information content (AvgIpc) is 2.98. The molecule has 20 heavy (non-hydrogen) atoms. The van der Waals surface area contributed by atoms with Gasteiger partial charge in [-0.1, -0.05) is 6.07 Å². The van der Waals surface area contributed by atoms with E-state index in [1.54, 1.807) is 11.8 Å². The van der Waals surface area contributed by atoms with Gasteiger partial charge >= 0.3 is 0 Å².